The van der Waals surface area contributed by atoms with Crippen LogP contribution < -0.4 is 4.90 Å². The summed E-state index contributed by atoms with van der Waals surface area (Å²) in [4.78, 5) is 7.68. The van der Waals surface area contributed by atoms with Gasteiger partial charge in [0.15, 0.2) is 5.66 Å². The monoisotopic (exact) mass is 804 g/mol. The van der Waals surface area contributed by atoms with Crippen molar-refractivity contribution in [2.75, 3.05) is 4.90 Å². The fraction of sp³-hybridized carbons (Fsp3) is 0.0678. The summed E-state index contributed by atoms with van der Waals surface area (Å²) in [5, 5.41) is 4.96. The van der Waals surface area contributed by atoms with Crippen molar-refractivity contribution in [1.29, 1.82) is 0 Å². The molecule has 11 aromatic rings. The van der Waals surface area contributed by atoms with Gasteiger partial charge in [0.1, 0.15) is 0 Å². The molecule has 1 aliphatic heterocycles. The number of hydrogen-bond acceptors (Lipinski definition) is 2. The van der Waals surface area contributed by atoms with E-state index in [1.54, 1.807) is 0 Å². The minimum absolute atomic E-state index is 0.209. The average Bonchev–Trinajstić information content (AvgIpc) is 3.95. The van der Waals surface area contributed by atoms with Crippen molar-refractivity contribution in [3.63, 3.8) is 0 Å². The minimum Gasteiger partial charge on any atom is -0.317 e. The van der Waals surface area contributed by atoms with Gasteiger partial charge in [0.25, 0.3) is 0 Å². The zero-order chi connectivity index (χ0) is 41.6. The fourth-order valence-corrected chi connectivity index (χ4v) is 11.7. The standard InChI is InChI=1S/C59H40N4/c1-58(2)32-34-61(37-17-4-3-5-18-37)54-36-45-43-24-15-27-48-56(43)55-42(44-25-16-33-60-57(44)46(45)35-49(54)58)23-14-26-47(55)59(48,62-50-28-10-6-19-38(50)39-20-7-11-29-51(39)62)63-52-30-12-8-21-40(52)41-22-9-13-31-53(41)63/h3-36H,1-2H3. The molecule has 14 rings (SSSR count). The number of nitrogens with zero attached hydrogens (tertiary/aromatic N) is 4. The van der Waals surface area contributed by atoms with Crippen LogP contribution in [0.15, 0.2) is 207 Å². The van der Waals surface area contributed by atoms with Gasteiger partial charge in [-0.05, 0) is 88.0 Å². The van der Waals surface area contributed by atoms with Crippen LogP contribution in [0, 0.1) is 0 Å². The predicted molar refractivity (Wildman–Crippen MR) is 261 cm³/mol. The van der Waals surface area contributed by atoms with Gasteiger partial charge in [-0.15, -0.1) is 0 Å². The molecule has 8 aromatic carbocycles. The maximum absolute atomic E-state index is 5.31. The molecule has 0 atom stereocenters. The second-order valence-electron chi connectivity index (χ2n) is 17.9. The molecule has 4 heteroatoms. The summed E-state index contributed by atoms with van der Waals surface area (Å²) >= 11 is 0. The normalized spacial score (nSPS) is 15.0. The number of hydrogen-bond donors (Lipinski definition) is 0. The van der Waals surface area contributed by atoms with E-state index in [0.29, 0.717) is 0 Å². The van der Waals surface area contributed by atoms with E-state index in [-0.39, 0.29) is 5.41 Å². The van der Waals surface area contributed by atoms with E-state index in [2.05, 4.69) is 228 Å². The number of anilines is 2. The van der Waals surface area contributed by atoms with Gasteiger partial charge in [-0.2, -0.15) is 0 Å². The average molecular weight is 805 g/mol. The van der Waals surface area contributed by atoms with Crippen LogP contribution >= 0.6 is 0 Å². The molecule has 3 aromatic heterocycles. The summed E-state index contributed by atoms with van der Waals surface area (Å²) in [6, 6.07) is 70.1. The molecule has 0 radical (unpaired) electrons. The Hall–Kier alpha value is -7.95. The Kier molecular flexibility index (Phi) is 6.80. The zero-order valence-electron chi connectivity index (χ0n) is 34.9. The number of allylic oxidation sites excluding steroid dienone is 1. The van der Waals surface area contributed by atoms with Crippen molar-refractivity contribution in [2.24, 2.45) is 0 Å². The van der Waals surface area contributed by atoms with Crippen LogP contribution in [0.4, 0.5) is 11.4 Å². The fourth-order valence-electron chi connectivity index (χ4n) is 11.7. The highest BCUT2D eigenvalue weighted by Gasteiger charge is 2.51. The van der Waals surface area contributed by atoms with Crippen LogP contribution in [0.5, 0.6) is 0 Å². The van der Waals surface area contributed by atoms with Gasteiger partial charge >= 0.3 is 0 Å². The maximum Gasteiger partial charge on any atom is 0.176 e. The lowest BCUT2D eigenvalue weighted by molar-refractivity contribution is 0.416. The molecule has 296 valence electrons. The maximum atomic E-state index is 5.31. The van der Waals surface area contributed by atoms with E-state index in [9.17, 15) is 0 Å². The lowest BCUT2D eigenvalue weighted by Gasteiger charge is -2.39. The number of fused-ring (bicyclic) bond motifs is 12. The van der Waals surface area contributed by atoms with Gasteiger partial charge in [0.2, 0.25) is 0 Å². The van der Waals surface area contributed by atoms with Crippen molar-refractivity contribution in [3.8, 4) is 44.6 Å². The smallest absolute Gasteiger partial charge is 0.176 e. The Morgan fingerprint density at radius 2 is 0.905 bits per heavy atom. The first-order chi connectivity index (χ1) is 31.0. The molecular formula is C59H40N4. The van der Waals surface area contributed by atoms with Gasteiger partial charge in [-0.25, -0.2) is 0 Å². The molecule has 4 heterocycles. The van der Waals surface area contributed by atoms with Crippen LogP contribution in [-0.4, -0.2) is 14.1 Å². The highest BCUT2D eigenvalue weighted by atomic mass is 15.3. The van der Waals surface area contributed by atoms with Crippen LogP contribution in [0.2, 0.25) is 0 Å². The number of para-hydroxylation sites is 5. The molecule has 63 heavy (non-hydrogen) atoms. The van der Waals surface area contributed by atoms with Gasteiger partial charge in [0, 0.05) is 67.3 Å². The predicted octanol–water partition coefficient (Wildman–Crippen LogP) is 14.8. The quantitative estimate of drug-likeness (QED) is 0.178. The number of benzene rings is 8. The van der Waals surface area contributed by atoms with Gasteiger partial charge < -0.3 is 14.0 Å². The van der Waals surface area contributed by atoms with E-state index in [0.717, 1.165) is 22.5 Å². The Balaban J connectivity index is 1.22. The third-order valence-electron chi connectivity index (χ3n) is 14.3. The molecule has 2 aliphatic carbocycles. The molecule has 0 unspecified atom stereocenters. The van der Waals surface area contributed by atoms with E-state index in [1.807, 2.05) is 6.20 Å². The van der Waals surface area contributed by atoms with Crippen molar-refractivity contribution >= 4 is 55.0 Å². The van der Waals surface area contributed by atoms with Gasteiger partial charge in [-0.3, -0.25) is 4.98 Å². The van der Waals surface area contributed by atoms with Crippen molar-refractivity contribution < 1.29 is 0 Å². The summed E-state index contributed by atoms with van der Waals surface area (Å²) in [5.41, 5.74) is 19.2. The zero-order valence-corrected chi connectivity index (χ0v) is 34.9. The minimum atomic E-state index is -0.871. The van der Waals surface area contributed by atoms with Crippen LogP contribution in [-0.2, 0) is 11.1 Å². The third-order valence-corrected chi connectivity index (χ3v) is 14.3. The molecule has 0 N–H and O–H groups in total. The summed E-state index contributed by atoms with van der Waals surface area (Å²) in [7, 11) is 0. The third kappa shape index (κ3) is 4.37. The molecule has 0 fully saturated rings. The van der Waals surface area contributed by atoms with E-state index >= 15 is 0 Å². The molecule has 0 bridgehead atoms. The van der Waals surface area contributed by atoms with Crippen molar-refractivity contribution in [1.82, 2.24) is 14.1 Å². The molecule has 0 amide bonds. The lowest BCUT2D eigenvalue weighted by Crippen LogP contribution is -2.41. The first-order valence-corrected chi connectivity index (χ1v) is 22.0. The van der Waals surface area contributed by atoms with Crippen LogP contribution in [0.1, 0.15) is 30.5 Å². The van der Waals surface area contributed by atoms with Crippen molar-refractivity contribution in [2.45, 2.75) is 24.9 Å². The van der Waals surface area contributed by atoms with Crippen molar-refractivity contribution in [3.05, 3.63) is 223 Å². The first-order valence-electron chi connectivity index (χ1n) is 22.0. The van der Waals surface area contributed by atoms with Gasteiger partial charge in [-0.1, -0.05) is 153 Å². The summed E-state index contributed by atoms with van der Waals surface area (Å²) in [6.07, 6.45) is 6.56. The summed E-state index contributed by atoms with van der Waals surface area (Å²) < 4.78 is 5.35. The molecule has 0 saturated heterocycles. The molecule has 4 nitrogen and oxygen atoms in total. The van der Waals surface area contributed by atoms with E-state index < -0.39 is 5.66 Å². The first kappa shape index (κ1) is 34.7. The summed E-state index contributed by atoms with van der Waals surface area (Å²) in [6.45, 7) is 4.65. The highest BCUT2D eigenvalue weighted by molar-refractivity contribution is 6.14. The van der Waals surface area contributed by atoms with E-state index in [4.69, 9.17) is 4.98 Å². The Labute approximate surface area is 365 Å². The van der Waals surface area contributed by atoms with Crippen LogP contribution in [0.3, 0.4) is 0 Å². The Bertz CT molecular complexity index is 3570. The lowest BCUT2D eigenvalue weighted by atomic mass is 9.76. The Morgan fingerprint density at radius 3 is 1.46 bits per heavy atom. The topological polar surface area (TPSA) is 26.0 Å². The molecule has 0 saturated carbocycles. The number of rotatable bonds is 3. The largest absolute Gasteiger partial charge is 0.317 e. The highest BCUT2D eigenvalue weighted by Crippen LogP contribution is 2.62. The van der Waals surface area contributed by atoms with Gasteiger partial charge in [0.05, 0.1) is 33.4 Å². The molecular weight excluding hydrogens is 765 g/mol. The number of aromatic nitrogens is 3. The van der Waals surface area contributed by atoms with E-state index in [1.165, 1.54) is 93.8 Å². The second kappa shape index (κ2) is 12.3. The van der Waals surface area contributed by atoms with Crippen LogP contribution in [0.25, 0.3) is 88.2 Å². The Morgan fingerprint density at radius 1 is 0.413 bits per heavy atom. The SMILES string of the molecule is CC1(C)C=CN(c2ccccc2)c2cc3c(cc21)-c1ncccc1-c1cccc2c1-c1c-3cccc1C2(n1c2ccccc2c2ccccc21)n1c2ccccc2c2ccccc21. The summed E-state index contributed by atoms with van der Waals surface area (Å²) in [5.74, 6) is 0. The molecule has 0 spiro atoms. The number of pyridine rings is 1. The second-order valence-corrected chi connectivity index (χ2v) is 17.9. The molecule has 3 aliphatic rings.